The van der Waals surface area contributed by atoms with Crippen LogP contribution in [-0.4, -0.2) is 64.0 Å². The van der Waals surface area contributed by atoms with Crippen LogP contribution < -0.4 is 27.4 Å². The number of primary amides is 1. The number of carboxylic acid groups (broad SMARTS) is 1. The van der Waals surface area contributed by atoms with Crippen molar-refractivity contribution in [2.45, 2.75) is 64.2 Å². The van der Waals surface area contributed by atoms with Crippen molar-refractivity contribution in [3.8, 4) is 5.75 Å². The lowest BCUT2D eigenvalue weighted by atomic mass is 10.0. The van der Waals surface area contributed by atoms with Crippen molar-refractivity contribution in [1.82, 2.24) is 16.0 Å². The molecule has 188 valence electrons. The molecule has 0 aliphatic carbocycles. The standard InChI is InChI=1S/C22H33N5O7/c1-11(2)18(22(33)34)27-21(32)16(8-9-17(24)29)26-19(30)12(3)25-20(31)15(23)10-13-4-6-14(28)7-5-13/h4-7,11-12,15-16,18,28H,8-10,23H2,1-3H3,(H2,24,29)(H,25,31)(H,26,30)(H,27,32)(H,33,34). The minimum atomic E-state index is -1.24. The number of phenols is 1. The lowest BCUT2D eigenvalue weighted by molar-refractivity contribution is -0.143. The molecule has 4 amide bonds. The number of phenolic OH excluding ortho intramolecular Hbond substituents is 1. The summed E-state index contributed by atoms with van der Waals surface area (Å²) in [6, 6.07) is 1.65. The molecule has 4 unspecified atom stereocenters. The summed E-state index contributed by atoms with van der Waals surface area (Å²) in [5, 5.41) is 25.8. The number of benzene rings is 1. The first-order valence-corrected chi connectivity index (χ1v) is 10.8. The maximum absolute atomic E-state index is 12.6. The first kappa shape index (κ1) is 28.4. The molecule has 34 heavy (non-hydrogen) atoms. The molecule has 0 aliphatic heterocycles. The number of nitrogens with two attached hydrogens (primary N) is 2. The van der Waals surface area contributed by atoms with Crippen LogP contribution >= 0.6 is 0 Å². The van der Waals surface area contributed by atoms with Gasteiger partial charge in [-0.2, -0.15) is 0 Å². The van der Waals surface area contributed by atoms with E-state index >= 15 is 0 Å². The second kappa shape index (κ2) is 13.1. The second-order valence-corrected chi connectivity index (χ2v) is 8.34. The van der Waals surface area contributed by atoms with Gasteiger partial charge in [-0.25, -0.2) is 4.79 Å². The molecule has 12 heteroatoms. The highest BCUT2D eigenvalue weighted by molar-refractivity contribution is 5.94. The number of nitrogens with one attached hydrogen (secondary N) is 3. The summed E-state index contributed by atoms with van der Waals surface area (Å²) in [6.07, 6.45) is -0.218. The van der Waals surface area contributed by atoms with E-state index in [0.717, 1.165) is 0 Å². The van der Waals surface area contributed by atoms with E-state index in [0.29, 0.717) is 5.56 Å². The van der Waals surface area contributed by atoms with Crippen molar-refractivity contribution in [1.29, 1.82) is 0 Å². The zero-order valence-corrected chi connectivity index (χ0v) is 19.4. The molecule has 0 spiro atoms. The van der Waals surface area contributed by atoms with Crippen LogP contribution in [-0.2, 0) is 30.4 Å². The van der Waals surface area contributed by atoms with Crippen LogP contribution in [0.1, 0.15) is 39.2 Å². The highest BCUT2D eigenvalue weighted by Gasteiger charge is 2.30. The Balaban J connectivity index is 2.78. The molecule has 1 rings (SSSR count). The number of amides is 4. The lowest BCUT2D eigenvalue weighted by Crippen LogP contribution is -2.57. The summed E-state index contributed by atoms with van der Waals surface area (Å²) in [7, 11) is 0. The quantitative estimate of drug-likeness (QED) is 0.181. The SMILES string of the molecule is CC(NC(=O)C(N)Cc1ccc(O)cc1)C(=O)NC(CCC(N)=O)C(=O)NC(C(=O)O)C(C)C. The molecule has 0 saturated carbocycles. The van der Waals surface area contributed by atoms with Gasteiger partial charge >= 0.3 is 5.97 Å². The van der Waals surface area contributed by atoms with Crippen LogP contribution in [0.15, 0.2) is 24.3 Å². The fourth-order valence-corrected chi connectivity index (χ4v) is 2.98. The molecular weight excluding hydrogens is 446 g/mol. The van der Waals surface area contributed by atoms with Gasteiger partial charge in [-0.15, -0.1) is 0 Å². The molecule has 1 aromatic carbocycles. The molecule has 0 saturated heterocycles. The predicted molar refractivity (Wildman–Crippen MR) is 122 cm³/mol. The van der Waals surface area contributed by atoms with Gasteiger partial charge in [-0.05, 0) is 43.4 Å². The van der Waals surface area contributed by atoms with Gasteiger partial charge in [-0.3, -0.25) is 19.2 Å². The van der Waals surface area contributed by atoms with E-state index in [2.05, 4.69) is 16.0 Å². The minimum absolute atomic E-state index is 0.0741. The lowest BCUT2D eigenvalue weighted by Gasteiger charge is -2.24. The number of carboxylic acids is 1. The Bertz CT molecular complexity index is 888. The van der Waals surface area contributed by atoms with Crippen LogP contribution in [0.5, 0.6) is 5.75 Å². The molecule has 0 fully saturated rings. The van der Waals surface area contributed by atoms with Crippen molar-refractivity contribution < 1.29 is 34.2 Å². The zero-order valence-electron chi connectivity index (χ0n) is 19.4. The van der Waals surface area contributed by atoms with E-state index in [1.165, 1.54) is 19.1 Å². The molecule has 0 bridgehead atoms. The van der Waals surface area contributed by atoms with Gasteiger partial charge in [0.2, 0.25) is 23.6 Å². The predicted octanol–water partition coefficient (Wildman–Crippen LogP) is -1.26. The average Bonchev–Trinajstić information content (AvgIpc) is 2.75. The van der Waals surface area contributed by atoms with Crippen LogP contribution in [0.4, 0.5) is 0 Å². The van der Waals surface area contributed by atoms with Gasteiger partial charge in [-0.1, -0.05) is 26.0 Å². The summed E-state index contributed by atoms with van der Waals surface area (Å²) in [4.78, 5) is 60.2. The normalized spacial score (nSPS) is 14.4. The van der Waals surface area contributed by atoms with E-state index in [1.54, 1.807) is 26.0 Å². The van der Waals surface area contributed by atoms with Gasteiger partial charge in [0.05, 0.1) is 6.04 Å². The number of hydrogen-bond acceptors (Lipinski definition) is 7. The molecular formula is C22H33N5O7. The van der Waals surface area contributed by atoms with Crippen LogP contribution in [0.25, 0.3) is 0 Å². The molecule has 0 heterocycles. The van der Waals surface area contributed by atoms with Crippen LogP contribution in [0, 0.1) is 5.92 Å². The van der Waals surface area contributed by atoms with E-state index in [-0.39, 0.29) is 25.0 Å². The smallest absolute Gasteiger partial charge is 0.326 e. The highest BCUT2D eigenvalue weighted by atomic mass is 16.4. The van der Waals surface area contributed by atoms with Crippen molar-refractivity contribution in [2.24, 2.45) is 17.4 Å². The summed E-state index contributed by atoms with van der Waals surface area (Å²) in [6.45, 7) is 4.60. The summed E-state index contributed by atoms with van der Waals surface area (Å²) < 4.78 is 0. The third-order valence-electron chi connectivity index (χ3n) is 5.02. The summed E-state index contributed by atoms with van der Waals surface area (Å²) in [5.41, 5.74) is 11.7. The summed E-state index contributed by atoms with van der Waals surface area (Å²) >= 11 is 0. The molecule has 0 aromatic heterocycles. The maximum Gasteiger partial charge on any atom is 0.326 e. The van der Waals surface area contributed by atoms with Crippen LogP contribution in [0.2, 0.25) is 0 Å². The zero-order chi connectivity index (χ0) is 26.0. The Morgan fingerprint density at radius 1 is 0.912 bits per heavy atom. The molecule has 0 radical (unpaired) electrons. The number of aromatic hydroxyl groups is 1. The van der Waals surface area contributed by atoms with Gasteiger partial charge in [0.1, 0.15) is 23.9 Å². The van der Waals surface area contributed by atoms with Crippen LogP contribution in [0.3, 0.4) is 0 Å². The number of carbonyl (C=O) groups excluding carboxylic acids is 4. The van der Waals surface area contributed by atoms with Gasteiger partial charge in [0.25, 0.3) is 0 Å². The van der Waals surface area contributed by atoms with E-state index in [1.807, 2.05) is 0 Å². The average molecular weight is 480 g/mol. The van der Waals surface area contributed by atoms with Gasteiger partial charge in [0, 0.05) is 6.42 Å². The molecule has 4 atom stereocenters. The van der Waals surface area contributed by atoms with Crippen molar-refractivity contribution in [2.75, 3.05) is 0 Å². The van der Waals surface area contributed by atoms with Crippen molar-refractivity contribution in [3.63, 3.8) is 0 Å². The maximum atomic E-state index is 12.6. The number of carbonyl (C=O) groups is 5. The highest BCUT2D eigenvalue weighted by Crippen LogP contribution is 2.11. The number of hydrogen-bond donors (Lipinski definition) is 7. The topological polar surface area (TPSA) is 214 Å². The third-order valence-corrected chi connectivity index (χ3v) is 5.02. The first-order valence-electron chi connectivity index (χ1n) is 10.8. The second-order valence-electron chi connectivity index (χ2n) is 8.34. The van der Waals surface area contributed by atoms with Gasteiger partial charge in [0.15, 0.2) is 0 Å². The molecule has 12 nitrogen and oxygen atoms in total. The Kier molecular flexibility index (Phi) is 11.0. The summed E-state index contributed by atoms with van der Waals surface area (Å²) in [5.74, 6) is -4.43. The first-order chi connectivity index (χ1) is 15.8. The molecule has 9 N–H and O–H groups in total. The van der Waals surface area contributed by atoms with Crippen molar-refractivity contribution in [3.05, 3.63) is 29.8 Å². The fourth-order valence-electron chi connectivity index (χ4n) is 2.98. The number of rotatable bonds is 13. The van der Waals surface area contributed by atoms with E-state index in [4.69, 9.17) is 11.5 Å². The third kappa shape index (κ3) is 9.45. The molecule has 0 aliphatic rings. The van der Waals surface area contributed by atoms with Crippen molar-refractivity contribution >= 4 is 29.6 Å². The van der Waals surface area contributed by atoms with E-state index < -0.39 is 59.7 Å². The minimum Gasteiger partial charge on any atom is -0.508 e. The monoisotopic (exact) mass is 479 g/mol. The van der Waals surface area contributed by atoms with Gasteiger partial charge < -0.3 is 37.6 Å². The number of aliphatic carboxylic acids is 1. The Morgan fingerprint density at radius 3 is 2.00 bits per heavy atom. The fraction of sp³-hybridized carbons (Fsp3) is 0.500. The largest absolute Gasteiger partial charge is 0.508 e. The Hall–Kier alpha value is -3.67. The molecule has 1 aromatic rings. The Morgan fingerprint density at radius 2 is 1.50 bits per heavy atom. The Labute approximate surface area is 197 Å². The van der Waals surface area contributed by atoms with E-state index in [9.17, 15) is 34.2 Å².